The Morgan fingerprint density at radius 2 is 1.94 bits per heavy atom. The van der Waals surface area contributed by atoms with Crippen LogP contribution >= 0.6 is 23.2 Å². The summed E-state index contributed by atoms with van der Waals surface area (Å²) in [5, 5.41) is 8.78. The molecule has 0 radical (unpaired) electrons. The van der Waals surface area contributed by atoms with Gasteiger partial charge in [-0.05, 0) is 36.2 Å². The van der Waals surface area contributed by atoms with E-state index in [1.54, 1.807) is 41.2 Å². The first-order chi connectivity index (χ1) is 15.0. The van der Waals surface area contributed by atoms with Gasteiger partial charge >= 0.3 is 0 Å². The fourth-order valence-corrected chi connectivity index (χ4v) is 3.73. The molecule has 4 aromatic rings. The SMILES string of the molecule is O=C(CCCn1cnc2ccccc2c1=O)Nc1ccnn1Cc1ccc(Cl)cc1Cl. The number of halogens is 2. The molecule has 0 fully saturated rings. The van der Waals surface area contributed by atoms with Gasteiger partial charge in [-0.25, -0.2) is 9.67 Å². The first-order valence-electron chi connectivity index (χ1n) is 9.71. The van der Waals surface area contributed by atoms with Gasteiger partial charge in [0.15, 0.2) is 0 Å². The molecule has 2 heterocycles. The van der Waals surface area contributed by atoms with Crippen LogP contribution in [0.1, 0.15) is 18.4 Å². The molecule has 2 aromatic heterocycles. The number of carbonyl (C=O) groups is 1. The van der Waals surface area contributed by atoms with E-state index in [-0.39, 0.29) is 17.9 Å². The number of carbonyl (C=O) groups excluding carboxylic acids is 1. The summed E-state index contributed by atoms with van der Waals surface area (Å²) in [6, 6.07) is 14.2. The van der Waals surface area contributed by atoms with E-state index in [1.807, 2.05) is 18.2 Å². The van der Waals surface area contributed by atoms with Crippen LogP contribution in [0, 0.1) is 0 Å². The number of amides is 1. The number of nitrogens with zero attached hydrogens (tertiary/aromatic N) is 4. The average Bonchev–Trinajstić information content (AvgIpc) is 3.18. The first-order valence-corrected chi connectivity index (χ1v) is 10.5. The van der Waals surface area contributed by atoms with Gasteiger partial charge in [-0.3, -0.25) is 14.2 Å². The maximum atomic E-state index is 12.5. The molecule has 9 heteroatoms. The number of fused-ring (bicyclic) bond motifs is 1. The van der Waals surface area contributed by atoms with Crippen molar-refractivity contribution in [3.05, 3.63) is 87.0 Å². The molecule has 0 unspecified atom stereocenters. The zero-order valence-electron chi connectivity index (χ0n) is 16.5. The van der Waals surface area contributed by atoms with E-state index in [2.05, 4.69) is 15.4 Å². The molecule has 0 saturated heterocycles. The highest BCUT2D eigenvalue weighted by molar-refractivity contribution is 6.35. The van der Waals surface area contributed by atoms with Crippen molar-refractivity contribution in [2.24, 2.45) is 0 Å². The van der Waals surface area contributed by atoms with Gasteiger partial charge in [-0.15, -0.1) is 0 Å². The number of para-hydroxylation sites is 1. The van der Waals surface area contributed by atoms with Gasteiger partial charge in [-0.1, -0.05) is 41.4 Å². The van der Waals surface area contributed by atoms with Crippen LogP contribution in [0.25, 0.3) is 10.9 Å². The topological polar surface area (TPSA) is 81.8 Å². The van der Waals surface area contributed by atoms with Crippen LogP contribution in [0.3, 0.4) is 0 Å². The summed E-state index contributed by atoms with van der Waals surface area (Å²) in [5.41, 5.74) is 1.40. The van der Waals surface area contributed by atoms with Crippen LogP contribution in [0.2, 0.25) is 10.0 Å². The molecule has 158 valence electrons. The summed E-state index contributed by atoms with van der Waals surface area (Å²) in [7, 11) is 0. The lowest BCUT2D eigenvalue weighted by atomic mass is 10.2. The number of rotatable bonds is 7. The van der Waals surface area contributed by atoms with Crippen molar-refractivity contribution in [3.63, 3.8) is 0 Å². The summed E-state index contributed by atoms with van der Waals surface area (Å²) in [6.45, 7) is 0.806. The standard InChI is InChI=1S/C22H19Cl2N5O2/c23-16-8-7-15(18(24)12-16)13-29-20(9-10-26-29)27-21(30)6-3-11-28-14-25-19-5-2-1-4-17(19)22(28)31/h1-2,4-5,7-10,12,14H,3,6,11,13H2,(H,27,30). The lowest BCUT2D eigenvalue weighted by Gasteiger charge is -2.11. The Balaban J connectivity index is 1.35. The van der Waals surface area contributed by atoms with Crippen molar-refractivity contribution in [1.29, 1.82) is 0 Å². The average molecular weight is 456 g/mol. The fourth-order valence-electron chi connectivity index (χ4n) is 3.26. The number of hydrogen-bond donors (Lipinski definition) is 1. The van der Waals surface area contributed by atoms with E-state index >= 15 is 0 Å². The molecule has 1 N–H and O–H groups in total. The molecule has 4 rings (SSSR count). The van der Waals surface area contributed by atoms with Crippen LogP contribution in [-0.2, 0) is 17.9 Å². The van der Waals surface area contributed by atoms with E-state index in [0.29, 0.717) is 46.3 Å². The Labute approximate surface area is 188 Å². The Hall–Kier alpha value is -3.16. The summed E-state index contributed by atoms with van der Waals surface area (Å²) >= 11 is 12.2. The first kappa shape index (κ1) is 21.1. The quantitative estimate of drug-likeness (QED) is 0.448. The summed E-state index contributed by atoms with van der Waals surface area (Å²) in [4.78, 5) is 29.2. The molecular weight excluding hydrogens is 437 g/mol. The highest BCUT2D eigenvalue weighted by Crippen LogP contribution is 2.22. The van der Waals surface area contributed by atoms with Gasteiger partial charge < -0.3 is 5.32 Å². The predicted octanol–water partition coefficient (Wildman–Crippen LogP) is 4.37. The van der Waals surface area contributed by atoms with Crippen LogP contribution in [0.4, 0.5) is 5.82 Å². The van der Waals surface area contributed by atoms with E-state index in [0.717, 1.165) is 5.56 Å². The molecule has 2 aromatic carbocycles. The number of anilines is 1. The number of aromatic nitrogens is 4. The van der Waals surface area contributed by atoms with Crippen LogP contribution in [0.5, 0.6) is 0 Å². The maximum Gasteiger partial charge on any atom is 0.261 e. The summed E-state index contributed by atoms with van der Waals surface area (Å²) < 4.78 is 3.19. The van der Waals surface area contributed by atoms with Gasteiger partial charge in [0.1, 0.15) is 5.82 Å². The number of hydrogen-bond acceptors (Lipinski definition) is 4. The second kappa shape index (κ2) is 9.32. The largest absolute Gasteiger partial charge is 0.311 e. The van der Waals surface area contributed by atoms with Crippen molar-refractivity contribution in [1.82, 2.24) is 19.3 Å². The second-order valence-corrected chi connectivity index (χ2v) is 7.87. The predicted molar refractivity (Wildman–Crippen MR) is 122 cm³/mol. The minimum Gasteiger partial charge on any atom is -0.311 e. The molecule has 7 nitrogen and oxygen atoms in total. The normalized spacial score (nSPS) is 11.0. The van der Waals surface area contributed by atoms with Gasteiger partial charge in [0.2, 0.25) is 5.91 Å². The highest BCUT2D eigenvalue weighted by Gasteiger charge is 2.10. The molecule has 0 aliphatic carbocycles. The second-order valence-electron chi connectivity index (χ2n) is 7.02. The Kier molecular flexibility index (Phi) is 6.34. The molecule has 0 atom stereocenters. The lowest BCUT2D eigenvalue weighted by molar-refractivity contribution is -0.116. The minimum atomic E-state index is -0.161. The molecule has 0 aliphatic heterocycles. The van der Waals surface area contributed by atoms with Crippen molar-refractivity contribution in [2.75, 3.05) is 5.32 Å². The van der Waals surface area contributed by atoms with Crippen LogP contribution in [0.15, 0.2) is 65.8 Å². The zero-order valence-corrected chi connectivity index (χ0v) is 18.0. The van der Waals surface area contributed by atoms with Gasteiger partial charge in [-0.2, -0.15) is 5.10 Å². The summed E-state index contributed by atoms with van der Waals surface area (Å²) in [6.07, 6.45) is 3.89. The van der Waals surface area contributed by atoms with Crippen molar-refractivity contribution in [3.8, 4) is 0 Å². The highest BCUT2D eigenvalue weighted by atomic mass is 35.5. The monoisotopic (exact) mass is 455 g/mol. The van der Waals surface area contributed by atoms with Crippen molar-refractivity contribution in [2.45, 2.75) is 25.9 Å². The molecule has 0 saturated carbocycles. The number of nitrogens with one attached hydrogen (secondary N) is 1. The van der Waals surface area contributed by atoms with E-state index in [1.165, 1.54) is 10.9 Å². The van der Waals surface area contributed by atoms with Gasteiger partial charge in [0.05, 0.1) is 30.0 Å². The van der Waals surface area contributed by atoms with Gasteiger partial charge in [0.25, 0.3) is 5.56 Å². The van der Waals surface area contributed by atoms with Crippen LogP contribution < -0.4 is 10.9 Å². The molecule has 31 heavy (non-hydrogen) atoms. The van der Waals surface area contributed by atoms with Crippen LogP contribution in [-0.4, -0.2) is 25.2 Å². The van der Waals surface area contributed by atoms with Gasteiger partial charge in [0, 0.05) is 29.1 Å². The fraction of sp³-hybridized carbons (Fsp3) is 0.182. The summed E-state index contributed by atoms with van der Waals surface area (Å²) in [5.74, 6) is 0.409. The van der Waals surface area contributed by atoms with E-state index < -0.39 is 0 Å². The van der Waals surface area contributed by atoms with E-state index in [4.69, 9.17) is 23.2 Å². The number of aryl methyl sites for hydroxylation is 1. The third kappa shape index (κ3) is 4.95. The molecule has 0 aliphatic rings. The molecular formula is C22H19Cl2N5O2. The molecule has 1 amide bonds. The Morgan fingerprint density at radius 1 is 1.10 bits per heavy atom. The smallest absolute Gasteiger partial charge is 0.261 e. The molecule has 0 spiro atoms. The Morgan fingerprint density at radius 3 is 2.77 bits per heavy atom. The third-order valence-corrected chi connectivity index (χ3v) is 5.44. The zero-order chi connectivity index (χ0) is 21.8. The van der Waals surface area contributed by atoms with E-state index in [9.17, 15) is 9.59 Å². The van der Waals surface area contributed by atoms with Crippen molar-refractivity contribution < 1.29 is 4.79 Å². The minimum absolute atomic E-state index is 0.107. The maximum absolute atomic E-state index is 12.5. The number of benzene rings is 2. The van der Waals surface area contributed by atoms with Crippen molar-refractivity contribution >= 4 is 45.8 Å². The molecule has 0 bridgehead atoms. The lowest BCUT2D eigenvalue weighted by Crippen LogP contribution is -2.22. The Bertz CT molecular complexity index is 1300. The third-order valence-electron chi connectivity index (χ3n) is 4.85.